The van der Waals surface area contributed by atoms with E-state index in [4.69, 9.17) is 9.15 Å². The van der Waals surface area contributed by atoms with Gasteiger partial charge in [-0.3, -0.25) is 10.1 Å². The molecule has 1 aromatic heterocycles. The maximum atomic E-state index is 10.9. The average Bonchev–Trinajstić information content (AvgIpc) is 2.77. The van der Waals surface area contributed by atoms with E-state index in [9.17, 15) is 10.1 Å². The number of hydrogen-bond acceptors (Lipinski definition) is 6. The summed E-state index contributed by atoms with van der Waals surface area (Å²) in [6.07, 6.45) is 0.789. The standard InChI is InChI=1S/C12H15N3O4/c1-8(6-7-18-2)13-12-14-11-9(15(16)17)4-3-5-10(11)19-12/h3-5,8H,6-7H2,1-2H3,(H,13,14). The van der Waals surface area contributed by atoms with Gasteiger partial charge in [0.15, 0.2) is 11.1 Å². The van der Waals surface area contributed by atoms with Crippen molar-refractivity contribution in [3.63, 3.8) is 0 Å². The van der Waals surface area contributed by atoms with Gasteiger partial charge in [0.25, 0.3) is 11.7 Å². The zero-order chi connectivity index (χ0) is 13.8. The highest BCUT2D eigenvalue weighted by Crippen LogP contribution is 2.27. The molecule has 1 N–H and O–H groups in total. The van der Waals surface area contributed by atoms with Gasteiger partial charge in [-0.1, -0.05) is 6.07 Å². The number of nitrogens with zero attached hydrogens (tertiary/aromatic N) is 2. The van der Waals surface area contributed by atoms with Gasteiger partial charge in [0.1, 0.15) is 0 Å². The Labute approximate surface area is 109 Å². The molecule has 0 aliphatic rings. The highest BCUT2D eigenvalue weighted by Gasteiger charge is 2.17. The van der Waals surface area contributed by atoms with Crippen LogP contribution in [0.2, 0.25) is 0 Å². The van der Waals surface area contributed by atoms with Crippen molar-refractivity contribution >= 4 is 22.8 Å². The summed E-state index contributed by atoms with van der Waals surface area (Å²) in [7, 11) is 1.63. The number of nitrogens with one attached hydrogen (secondary N) is 1. The van der Waals surface area contributed by atoms with Gasteiger partial charge in [0, 0.05) is 25.8 Å². The number of non-ortho nitro benzene ring substituents is 1. The topological polar surface area (TPSA) is 90.4 Å². The maximum Gasteiger partial charge on any atom is 0.298 e. The number of methoxy groups -OCH3 is 1. The van der Waals surface area contributed by atoms with Crippen LogP contribution in [-0.4, -0.2) is 29.7 Å². The number of nitro groups is 1. The van der Waals surface area contributed by atoms with Crippen LogP contribution in [0.15, 0.2) is 22.6 Å². The van der Waals surface area contributed by atoms with E-state index in [-0.39, 0.29) is 23.3 Å². The van der Waals surface area contributed by atoms with Gasteiger partial charge in [-0.2, -0.15) is 4.98 Å². The van der Waals surface area contributed by atoms with E-state index in [1.807, 2.05) is 6.92 Å². The predicted octanol–water partition coefficient (Wildman–Crippen LogP) is 2.57. The molecule has 7 nitrogen and oxygen atoms in total. The second-order valence-electron chi connectivity index (χ2n) is 4.23. The lowest BCUT2D eigenvalue weighted by atomic mass is 10.2. The minimum atomic E-state index is -0.469. The molecule has 0 saturated heterocycles. The first-order valence-electron chi connectivity index (χ1n) is 5.91. The summed E-state index contributed by atoms with van der Waals surface area (Å²) in [5.41, 5.74) is 0.600. The monoisotopic (exact) mass is 265 g/mol. The Morgan fingerprint density at radius 1 is 1.58 bits per heavy atom. The SMILES string of the molecule is COCCC(C)Nc1nc2c([N+](=O)[O-])cccc2o1. The van der Waals surface area contributed by atoms with Gasteiger partial charge in [0.05, 0.1) is 4.92 Å². The summed E-state index contributed by atoms with van der Waals surface area (Å²) < 4.78 is 10.4. The van der Waals surface area contributed by atoms with Crippen molar-refractivity contribution in [2.45, 2.75) is 19.4 Å². The zero-order valence-corrected chi connectivity index (χ0v) is 10.8. The van der Waals surface area contributed by atoms with Crippen molar-refractivity contribution in [1.29, 1.82) is 0 Å². The van der Waals surface area contributed by atoms with Crippen molar-refractivity contribution in [2.75, 3.05) is 19.0 Å². The molecule has 0 fully saturated rings. The summed E-state index contributed by atoms with van der Waals surface area (Å²) >= 11 is 0. The largest absolute Gasteiger partial charge is 0.423 e. The van der Waals surface area contributed by atoms with Gasteiger partial charge in [-0.25, -0.2) is 0 Å². The Hall–Kier alpha value is -2.15. The molecule has 19 heavy (non-hydrogen) atoms. The van der Waals surface area contributed by atoms with Crippen molar-refractivity contribution in [2.24, 2.45) is 0 Å². The molecule has 0 spiro atoms. The molecule has 2 rings (SSSR count). The molecular weight excluding hydrogens is 250 g/mol. The summed E-state index contributed by atoms with van der Waals surface area (Å²) in [6, 6.07) is 5.02. The number of aromatic nitrogens is 1. The number of oxazole rings is 1. The minimum Gasteiger partial charge on any atom is -0.423 e. The number of rotatable bonds is 6. The third-order valence-electron chi connectivity index (χ3n) is 2.72. The molecule has 0 saturated carbocycles. The van der Waals surface area contributed by atoms with Gasteiger partial charge in [-0.15, -0.1) is 0 Å². The number of benzene rings is 1. The smallest absolute Gasteiger partial charge is 0.298 e. The Balaban J connectivity index is 2.22. The van der Waals surface area contributed by atoms with Gasteiger partial charge in [0.2, 0.25) is 0 Å². The minimum absolute atomic E-state index is 0.0566. The second-order valence-corrected chi connectivity index (χ2v) is 4.23. The highest BCUT2D eigenvalue weighted by molar-refractivity contribution is 5.84. The Morgan fingerprint density at radius 2 is 2.37 bits per heavy atom. The highest BCUT2D eigenvalue weighted by atomic mass is 16.6. The lowest BCUT2D eigenvalue weighted by molar-refractivity contribution is -0.383. The fourth-order valence-electron chi connectivity index (χ4n) is 1.72. The Morgan fingerprint density at radius 3 is 3.05 bits per heavy atom. The number of fused-ring (bicyclic) bond motifs is 1. The number of para-hydroxylation sites is 1. The van der Waals surface area contributed by atoms with Crippen LogP contribution >= 0.6 is 0 Å². The van der Waals surface area contributed by atoms with E-state index in [0.29, 0.717) is 12.2 Å². The van der Waals surface area contributed by atoms with E-state index >= 15 is 0 Å². The number of anilines is 1. The maximum absolute atomic E-state index is 10.9. The molecule has 0 bridgehead atoms. The molecule has 7 heteroatoms. The van der Waals surface area contributed by atoms with E-state index in [1.54, 1.807) is 19.2 Å². The fraction of sp³-hybridized carbons (Fsp3) is 0.417. The fourth-order valence-corrected chi connectivity index (χ4v) is 1.72. The quantitative estimate of drug-likeness (QED) is 0.637. The van der Waals surface area contributed by atoms with Crippen LogP contribution in [0.5, 0.6) is 0 Å². The van der Waals surface area contributed by atoms with Crippen molar-refractivity contribution < 1.29 is 14.1 Å². The van der Waals surface area contributed by atoms with Crippen LogP contribution in [0.4, 0.5) is 11.7 Å². The summed E-state index contributed by atoms with van der Waals surface area (Å²) in [5.74, 6) is 0. The summed E-state index contributed by atoms with van der Waals surface area (Å²) in [4.78, 5) is 14.5. The van der Waals surface area contributed by atoms with Crippen LogP contribution in [-0.2, 0) is 4.74 Å². The van der Waals surface area contributed by atoms with Crippen molar-refractivity contribution in [1.82, 2.24) is 4.98 Å². The molecular formula is C12H15N3O4. The number of nitro benzene ring substituents is 1. The van der Waals surface area contributed by atoms with Gasteiger partial charge in [-0.05, 0) is 19.4 Å². The van der Waals surface area contributed by atoms with Crippen LogP contribution in [0.25, 0.3) is 11.1 Å². The van der Waals surface area contributed by atoms with E-state index in [0.717, 1.165) is 6.42 Å². The number of ether oxygens (including phenoxy) is 1. The van der Waals surface area contributed by atoms with Crippen molar-refractivity contribution in [3.05, 3.63) is 28.3 Å². The Bertz CT molecular complexity index is 581. The first kappa shape index (κ1) is 13.3. The molecule has 0 aliphatic carbocycles. The van der Waals surface area contributed by atoms with Crippen molar-refractivity contribution in [3.8, 4) is 0 Å². The lowest BCUT2D eigenvalue weighted by Gasteiger charge is -2.10. The van der Waals surface area contributed by atoms with Crippen LogP contribution in [0.1, 0.15) is 13.3 Å². The molecule has 1 unspecified atom stereocenters. The van der Waals surface area contributed by atoms with Gasteiger partial charge >= 0.3 is 0 Å². The third-order valence-corrected chi connectivity index (χ3v) is 2.72. The molecule has 1 aromatic carbocycles. The van der Waals surface area contributed by atoms with Crippen LogP contribution in [0, 0.1) is 10.1 Å². The molecule has 2 aromatic rings. The first-order valence-corrected chi connectivity index (χ1v) is 5.91. The third kappa shape index (κ3) is 3.00. The molecule has 1 atom stereocenters. The van der Waals surface area contributed by atoms with E-state index < -0.39 is 4.92 Å². The summed E-state index contributed by atoms with van der Waals surface area (Å²) in [6.45, 7) is 2.58. The molecule has 0 aliphatic heterocycles. The number of hydrogen-bond donors (Lipinski definition) is 1. The second kappa shape index (κ2) is 5.66. The predicted molar refractivity (Wildman–Crippen MR) is 70.2 cm³/mol. The van der Waals surface area contributed by atoms with Crippen LogP contribution < -0.4 is 5.32 Å². The van der Waals surface area contributed by atoms with E-state index in [2.05, 4.69) is 10.3 Å². The van der Waals surface area contributed by atoms with Gasteiger partial charge < -0.3 is 14.5 Å². The normalized spacial score (nSPS) is 12.5. The first-order chi connectivity index (χ1) is 9.11. The Kier molecular flexibility index (Phi) is 3.96. The zero-order valence-electron chi connectivity index (χ0n) is 10.8. The molecule has 0 radical (unpaired) electrons. The molecule has 1 heterocycles. The van der Waals surface area contributed by atoms with Crippen LogP contribution in [0.3, 0.4) is 0 Å². The average molecular weight is 265 g/mol. The molecule has 102 valence electrons. The lowest BCUT2D eigenvalue weighted by Crippen LogP contribution is -2.17. The van der Waals surface area contributed by atoms with E-state index in [1.165, 1.54) is 6.07 Å². The molecule has 0 amide bonds. The summed E-state index contributed by atoms with van der Waals surface area (Å²) in [5, 5.41) is 13.9.